The summed E-state index contributed by atoms with van der Waals surface area (Å²) in [5, 5.41) is 1.63. The number of hydrogen-bond acceptors (Lipinski definition) is 1. The highest BCUT2D eigenvalue weighted by Crippen LogP contribution is 2.32. The molecule has 0 atom stereocenters. The van der Waals surface area contributed by atoms with Crippen LogP contribution in [0.25, 0.3) is 10.1 Å². The van der Waals surface area contributed by atoms with E-state index in [1.165, 1.54) is 17.5 Å². The molecule has 1 aromatic carbocycles. The molecule has 2 rings (SSSR count). The van der Waals surface area contributed by atoms with Gasteiger partial charge in [0.05, 0.1) is 15.1 Å². The van der Waals surface area contributed by atoms with Crippen LogP contribution in [0, 0.1) is 11.6 Å². The van der Waals surface area contributed by atoms with Crippen molar-refractivity contribution in [2.24, 2.45) is 0 Å². The summed E-state index contributed by atoms with van der Waals surface area (Å²) in [7, 11) is 0. The molecule has 2 aromatic rings. The van der Waals surface area contributed by atoms with Gasteiger partial charge >= 0.3 is 0 Å². The molecular weight excluding hydrogens is 202 g/mol. The number of thiophene rings is 1. The van der Waals surface area contributed by atoms with Crippen molar-refractivity contribution in [1.29, 1.82) is 0 Å². The highest BCUT2D eigenvalue weighted by Gasteiger charge is 2.10. The van der Waals surface area contributed by atoms with E-state index in [1.54, 1.807) is 0 Å². The van der Waals surface area contributed by atoms with E-state index in [0.29, 0.717) is 9.72 Å². The molecule has 4 heteroatoms. The Hall–Kier alpha value is -0.670. The number of halogens is 3. The summed E-state index contributed by atoms with van der Waals surface area (Å²) in [4.78, 5) is 0. The molecule has 0 aliphatic heterocycles. The Morgan fingerprint density at radius 3 is 2.58 bits per heavy atom. The Kier molecular flexibility index (Phi) is 1.77. The van der Waals surface area contributed by atoms with E-state index >= 15 is 0 Å². The molecule has 62 valence electrons. The van der Waals surface area contributed by atoms with Crippen LogP contribution in [0.5, 0.6) is 0 Å². The van der Waals surface area contributed by atoms with Gasteiger partial charge in [0.15, 0.2) is 0 Å². The van der Waals surface area contributed by atoms with Gasteiger partial charge in [0.1, 0.15) is 11.6 Å². The smallest absolute Gasteiger partial charge is 0.144 e. The summed E-state index contributed by atoms with van der Waals surface area (Å²) in [6.07, 6.45) is 0. The fourth-order valence-electron chi connectivity index (χ4n) is 1.04. The predicted octanol–water partition coefficient (Wildman–Crippen LogP) is 3.83. The SMILES string of the molecule is Fc1ccc(Cl)c2scc(F)c12. The normalized spacial score (nSPS) is 10.9. The van der Waals surface area contributed by atoms with Crippen molar-refractivity contribution >= 4 is 33.0 Å². The molecule has 1 aromatic heterocycles. The van der Waals surface area contributed by atoms with Gasteiger partial charge in [-0.15, -0.1) is 11.3 Å². The van der Waals surface area contributed by atoms with Crippen molar-refractivity contribution in [2.75, 3.05) is 0 Å². The minimum Gasteiger partial charge on any atom is -0.206 e. The lowest BCUT2D eigenvalue weighted by Crippen LogP contribution is -1.77. The van der Waals surface area contributed by atoms with Crippen molar-refractivity contribution in [1.82, 2.24) is 0 Å². The second kappa shape index (κ2) is 2.68. The van der Waals surface area contributed by atoms with Crippen molar-refractivity contribution < 1.29 is 8.78 Å². The van der Waals surface area contributed by atoms with Crippen molar-refractivity contribution in [3.8, 4) is 0 Å². The second-order valence-electron chi connectivity index (χ2n) is 2.32. The molecule has 0 N–H and O–H groups in total. The van der Waals surface area contributed by atoms with Crippen molar-refractivity contribution in [2.45, 2.75) is 0 Å². The maximum atomic E-state index is 13.0. The Labute approximate surface area is 76.4 Å². The van der Waals surface area contributed by atoms with Gasteiger partial charge in [0.2, 0.25) is 0 Å². The van der Waals surface area contributed by atoms with E-state index < -0.39 is 11.6 Å². The van der Waals surface area contributed by atoms with E-state index in [1.807, 2.05) is 0 Å². The van der Waals surface area contributed by atoms with Gasteiger partial charge in [-0.05, 0) is 12.1 Å². The molecule has 0 saturated carbocycles. The minimum atomic E-state index is -0.562. The first-order chi connectivity index (χ1) is 5.70. The van der Waals surface area contributed by atoms with Gasteiger partial charge in [-0.3, -0.25) is 0 Å². The molecule has 0 saturated heterocycles. The number of hydrogen-bond donors (Lipinski definition) is 0. The third-order valence-corrected chi connectivity index (χ3v) is 2.99. The van der Waals surface area contributed by atoms with Crippen LogP contribution < -0.4 is 0 Å². The summed E-state index contributed by atoms with van der Waals surface area (Å²) in [5.41, 5.74) is 0. The Morgan fingerprint density at radius 2 is 1.92 bits per heavy atom. The van der Waals surface area contributed by atoms with Gasteiger partial charge in [-0.25, -0.2) is 8.78 Å². The summed E-state index contributed by atoms with van der Waals surface area (Å²) >= 11 is 6.83. The molecule has 0 amide bonds. The second-order valence-corrected chi connectivity index (χ2v) is 3.60. The van der Waals surface area contributed by atoms with Crippen LogP contribution in [0.15, 0.2) is 17.5 Å². The Bertz CT molecular complexity index is 436. The van der Waals surface area contributed by atoms with E-state index in [4.69, 9.17) is 11.6 Å². The van der Waals surface area contributed by atoms with Crippen LogP contribution in [0.3, 0.4) is 0 Å². The van der Waals surface area contributed by atoms with Gasteiger partial charge in [-0.2, -0.15) is 0 Å². The van der Waals surface area contributed by atoms with Gasteiger partial charge in [-0.1, -0.05) is 11.6 Å². The molecule has 0 aliphatic carbocycles. The zero-order valence-electron chi connectivity index (χ0n) is 5.77. The Morgan fingerprint density at radius 1 is 1.17 bits per heavy atom. The fourth-order valence-corrected chi connectivity index (χ4v) is 2.16. The molecule has 0 fully saturated rings. The molecule has 0 nitrogen and oxygen atoms in total. The Balaban J connectivity index is 2.98. The lowest BCUT2D eigenvalue weighted by atomic mass is 10.2. The third-order valence-electron chi connectivity index (χ3n) is 1.58. The van der Waals surface area contributed by atoms with Crippen LogP contribution in [-0.4, -0.2) is 0 Å². The largest absolute Gasteiger partial charge is 0.206 e. The van der Waals surface area contributed by atoms with E-state index in [2.05, 4.69) is 0 Å². The average molecular weight is 205 g/mol. The van der Waals surface area contributed by atoms with Gasteiger partial charge < -0.3 is 0 Å². The standard InChI is InChI=1S/C8H3ClF2S/c9-4-1-2-5(10)7-6(11)3-12-8(4)7/h1-3H. The maximum absolute atomic E-state index is 13.0. The van der Waals surface area contributed by atoms with E-state index in [9.17, 15) is 8.78 Å². The van der Waals surface area contributed by atoms with Crippen LogP contribution in [0.2, 0.25) is 5.02 Å². The average Bonchev–Trinajstić information content (AvgIpc) is 2.42. The molecule has 12 heavy (non-hydrogen) atoms. The zero-order valence-corrected chi connectivity index (χ0v) is 7.35. The number of benzene rings is 1. The lowest BCUT2D eigenvalue weighted by molar-refractivity contribution is 0.611. The molecule has 0 radical (unpaired) electrons. The molecule has 1 heterocycles. The van der Waals surface area contributed by atoms with Crippen molar-refractivity contribution in [3.63, 3.8) is 0 Å². The third kappa shape index (κ3) is 1.01. The topological polar surface area (TPSA) is 0 Å². The van der Waals surface area contributed by atoms with E-state index in [0.717, 1.165) is 11.3 Å². The molecule has 0 spiro atoms. The van der Waals surface area contributed by atoms with Crippen LogP contribution >= 0.6 is 22.9 Å². The van der Waals surface area contributed by atoms with E-state index in [-0.39, 0.29) is 5.39 Å². The summed E-state index contributed by atoms with van der Waals surface area (Å²) in [6, 6.07) is 2.59. The summed E-state index contributed by atoms with van der Waals surface area (Å²) in [6.45, 7) is 0. The molecule has 0 unspecified atom stereocenters. The maximum Gasteiger partial charge on any atom is 0.144 e. The summed E-state index contributed by atoms with van der Waals surface area (Å²) in [5.74, 6) is -1.11. The fraction of sp³-hybridized carbons (Fsp3) is 0. The first kappa shape index (κ1) is 7.95. The summed E-state index contributed by atoms with van der Waals surface area (Å²) < 4.78 is 26.3. The first-order valence-electron chi connectivity index (χ1n) is 3.21. The quantitative estimate of drug-likeness (QED) is 0.612. The van der Waals surface area contributed by atoms with Gasteiger partial charge in [0.25, 0.3) is 0 Å². The van der Waals surface area contributed by atoms with Crippen LogP contribution in [0.4, 0.5) is 8.78 Å². The minimum absolute atomic E-state index is 0.00694. The predicted molar refractivity (Wildman–Crippen MR) is 46.8 cm³/mol. The first-order valence-corrected chi connectivity index (χ1v) is 4.46. The van der Waals surface area contributed by atoms with Crippen LogP contribution in [-0.2, 0) is 0 Å². The van der Waals surface area contributed by atoms with Crippen molar-refractivity contribution in [3.05, 3.63) is 34.2 Å². The highest BCUT2D eigenvalue weighted by atomic mass is 35.5. The lowest BCUT2D eigenvalue weighted by Gasteiger charge is -1.94. The van der Waals surface area contributed by atoms with Crippen LogP contribution in [0.1, 0.15) is 0 Å². The van der Waals surface area contributed by atoms with Gasteiger partial charge in [0, 0.05) is 5.38 Å². The molecule has 0 bridgehead atoms. The number of fused-ring (bicyclic) bond motifs is 1. The highest BCUT2D eigenvalue weighted by molar-refractivity contribution is 7.17. The molecule has 0 aliphatic rings. The zero-order chi connectivity index (χ0) is 8.72. The monoisotopic (exact) mass is 204 g/mol. The molecular formula is C8H3ClF2S. The number of rotatable bonds is 0.